The molecule has 1 aliphatic rings. The monoisotopic (exact) mass is 550 g/mol. The molecule has 6 nitrogen and oxygen atoms in total. The van der Waals surface area contributed by atoms with Crippen molar-refractivity contribution in [3.8, 4) is 0 Å². The molecule has 2 N–H and O–H groups in total. The SMILES string of the molecule is CSc1cc(C)[nH]c(=O)c1CNC(=O)c1c(C)n([C@H](C)C2CCN(C[Si](F)(F)F)CC2)c2ccccc12. The average molecular weight is 551 g/mol. The summed E-state index contributed by atoms with van der Waals surface area (Å²) >= 11 is 1.46. The van der Waals surface area contributed by atoms with Crippen molar-refractivity contribution in [3.63, 3.8) is 0 Å². The van der Waals surface area contributed by atoms with E-state index in [1.54, 1.807) is 0 Å². The van der Waals surface area contributed by atoms with Crippen molar-refractivity contribution in [2.45, 2.75) is 51.1 Å². The molecule has 1 aromatic carbocycles. The molecule has 1 amide bonds. The summed E-state index contributed by atoms with van der Waals surface area (Å²) < 4.78 is 41.0. The van der Waals surface area contributed by atoms with Gasteiger partial charge in [-0.2, -0.15) is 0 Å². The van der Waals surface area contributed by atoms with E-state index < -0.39 is 15.2 Å². The van der Waals surface area contributed by atoms with Crippen molar-refractivity contribution >= 4 is 37.6 Å². The van der Waals surface area contributed by atoms with Gasteiger partial charge in [-0.3, -0.25) is 14.5 Å². The maximum absolute atomic E-state index is 13.5. The summed E-state index contributed by atoms with van der Waals surface area (Å²) in [6, 6.07) is 9.65. The molecule has 1 fully saturated rings. The van der Waals surface area contributed by atoms with Gasteiger partial charge in [-0.25, -0.2) is 12.3 Å². The van der Waals surface area contributed by atoms with Gasteiger partial charge in [0.25, 0.3) is 11.5 Å². The fraction of sp³-hybridized carbons (Fsp3) is 0.462. The van der Waals surface area contributed by atoms with Crippen LogP contribution in [0.5, 0.6) is 0 Å². The summed E-state index contributed by atoms with van der Waals surface area (Å²) in [5.74, 6) is -0.0385. The molecule has 0 radical (unpaired) electrons. The number of piperidine rings is 1. The molecule has 2 aromatic heterocycles. The number of hydrogen-bond acceptors (Lipinski definition) is 4. The molecular formula is C26H33F3N4O2SSi. The largest absolute Gasteiger partial charge is 0.630 e. The van der Waals surface area contributed by atoms with E-state index in [4.69, 9.17) is 0 Å². The highest BCUT2D eigenvalue weighted by Gasteiger charge is 2.40. The zero-order valence-corrected chi connectivity index (χ0v) is 23.4. The number of aromatic amines is 1. The van der Waals surface area contributed by atoms with E-state index in [9.17, 15) is 21.9 Å². The quantitative estimate of drug-likeness (QED) is 0.228. The van der Waals surface area contributed by atoms with Gasteiger partial charge in [0.1, 0.15) is 0 Å². The smallest absolute Gasteiger partial charge is 0.348 e. The molecule has 3 aromatic rings. The highest BCUT2D eigenvalue weighted by molar-refractivity contribution is 7.98. The molecule has 11 heteroatoms. The van der Waals surface area contributed by atoms with Gasteiger partial charge in [0.2, 0.25) is 0 Å². The van der Waals surface area contributed by atoms with Crippen LogP contribution < -0.4 is 10.9 Å². The summed E-state index contributed by atoms with van der Waals surface area (Å²) in [5, 5.41) is 3.77. The number of carbonyl (C=O) groups is 1. The topological polar surface area (TPSA) is 70.1 Å². The number of nitrogens with zero attached hydrogens (tertiary/aromatic N) is 2. The number of carbonyl (C=O) groups excluding carboxylic acids is 1. The number of nitrogens with one attached hydrogen (secondary N) is 2. The minimum Gasteiger partial charge on any atom is -0.348 e. The standard InChI is InChI=1S/C26H33F3N4O2SSi/c1-16-13-23(36-4)21(25(34)31-16)14-30-26(35)24-18(3)33(22-8-6-5-7-20(22)24)17(2)19-9-11-32(12-10-19)15-37(27,28)29/h5-8,13,17,19H,9-12,14-15H2,1-4H3,(H,30,35)(H,31,34)/t17-/m1/s1. The van der Waals surface area contributed by atoms with E-state index in [0.29, 0.717) is 37.1 Å². The number of benzene rings is 1. The number of H-pyrrole nitrogens is 1. The first-order valence-corrected chi connectivity index (χ1v) is 15.5. The molecule has 0 spiro atoms. The van der Waals surface area contributed by atoms with Gasteiger partial charge in [-0.1, -0.05) is 18.2 Å². The number of likely N-dealkylation sites (tertiary alicyclic amines) is 1. The Morgan fingerprint density at radius 1 is 1.22 bits per heavy atom. The molecule has 4 rings (SSSR count). The summed E-state index contributed by atoms with van der Waals surface area (Å²) in [5.41, 5.74) is 3.40. The first-order chi connectivity index (χ1) is 17.5. The third-order valence-electron chi connectivity index (χ3n) is 7.38. The van der Waals surface area contributed by atoms with Crippen LogP contribution in [0.2, 0.25) is 0 Å². The van der Waals surface area contributed by atoms with E-state index in [-0.39, 0.29) is 30.0 Å². The number of hydrogen-bond donors (Lipinski definition) is 2. The van der Waals surface area contributed by atoms with Crippen molar-refractivity contribution in [3.05, 3.63) is 63.2 Å². The van der Waals surface area contributed by atoms with Gasteiger partial charge in [0.15, 0.2) is 0 Å². The zero-order chi connectivity index (χ0) is 26.9. The Bertz CT molecular complexity index is 1350. The maximum atomic E-state index is 13.5. The van der Waals surface area contributed by atoms with Gasteiger partial charge in [0.05, 0.1) is 11.7 Å². The molecule has 37 heavy (non-hydrogen) atoms. The van der Waals surface area contributed by atoms with E-state index >= 15 is 0 Å². The second-order valence-corrected chi connectivity index (χ2v) is 12.2. The number of halogens is 3. The lowest BCUT2D eigenvalue weighted by atomic mass is 9.90. The molecule has 0 saturated carbocycles. The predicted octanol–water partition coefficient (Wildman–Crippen LogP) is 5.26. The van der Waals surface area contributed by atoms with Crippen molar-refractivity contribution in [2.24, 2.45) is 5.92 Å². The van der Waals surface area contributed by atoms with Crippen molar-refractivity contribution in [2.75, 3.05) is 25.5 Å². The second-order valence-electron chi connectivity index (χ2n) is 9.83. The normalized spacial score (nSPS) is 16.3. The highest BCUT2D eigenvalue weighted by Crippen LogP contribution is 2.36. The Morgan fingerprint density at radius 2 is 1.89 bits per heavy atom. The minimum absolute atomic E-state index is 0.0276. The average Bonchev–Trinajstić information content (AvgIpc) is 3.13. The molecular weight excluding hydrogens is 517 g/mol. The lowest BCUT2D eigenvalue weighted by Gasteiger charge is -2.36. The second kappa shape index (κ2) is 11.1. The summed E-state index contributed by atoms with van der Waals surface area (Å²) in [7, 11) is -5.60. The van der Waals surface area contributed by atoms with Crippen LogP contribution in [-0.2, 0) is 6.54 Å². The van der Waals surface area contributed by atoms with E-state index in [0.717, 1.165) is 27.2 Å². The first kappa shape index (κ1) is 27.5. The Labute approximate surface area is 220 Å². The van der Waals surface area contributed by atoms with Crippen LogP contribution in [-0.4, -0.2) is 54.9 Å². The third kappa shape index (κ3) is 5.99. The van der Waals surface area contributed by atoms with E-state index in [1.807, 2.05) is 50.4 Å². The van der Waals surface area contributed by atoms with Crippen LogP contribution in [0.1, 0.15) is 53.1 Å². The molecule has 0 unspecified atom stereocenters. The third-order valence-corrected chi connectivity index (χ3v) is 8.99. The molecule has 3 heterocycles. The van der Waals surface area contributed by atoms with Crippen LogP contribution in [0.15, 0.2) is 40.0 Å². The van der Waals surface area contributed by atoms with Crippen molar-refractivity contribution in [1.29, 1.82) is 0 Å². The van der Waals surface area contributed by atoms with Crippen LogP contribution in [0, 0.1) is 19.8 Å². The van der Waals surface area contributed by atoms with E-state index in [1.165, 1.54) is 16.7 Å². The molecule has 1 atom stereocenters. The number of fused-ring (bicyclic) bond motifs is 1. The van der Waals surface area contributed by atoms with Crippen LogP contribution in [0.3, 0.4) is 0 Å². The summed E-state index contributed by atoms with van der Waals surface area (Å²) in [6.07, 6.45) is 2.54. The molecule has 200 valence electrons. The van der Waals surface area contributed by atoms with Gasteiger partial charge in [-0.05, 0) is 71.0 Å². The number of pyridine rings is 1. The summed E-state index contributed by atoms with van der Waals surface area (Å²) in [6.45, 7) is 6.83. The summed E-state index contributed by atoms with van der Waals surface area (Å²) in [4.78, 5) is 31.2. The van der Waals surface area contributed by atoms with Gasteiger partial charge in [-0.15, -0.1) is 11.8 Å². The zero-order valence-electron chi connectivity index (χ0n) is 21.5. The number of para-hydroxylation sites is 1. The lowest BCUT2D eigenvalue weighted by molar-refractivity contribution is 0.0951. The van der Waals surface area contributed by atoms with E-state index in [2.05, 4.69) is 21.8 Å². The Morgan fingerprint density at radius 3 is 2.54 bits per heavy atom. The Hall–Kier alpha value is -2.50. The van der Waals surface area contributed by atoms with Crippen LogP contribution in [0.25, 0.3) is 10.9 Å². The van der Waals surface area contributed by atoms with Crippen molar-refractivity contribution in [1.82, 2.24) is 19.8 Å². The molecule has 0 aliphatic carbocycles. The number of aryl methyl sites for hydroxylation is 1. The van der Waals surface area contributed by atoms with Gasteiger partial charge >= 0.3 is 9.08 Å². The maximum Gasteiger partial charge on any atom is 0.630 e. The number of rotatable bonds is 8. The lowest BCUT2D eigenvalue weighted by Crippen LogP contribution is -2.43. The van der Waals surface area contributed by atoms with Gasteiger partial charge in [0, 0.05) is 45.3 Å². The van der Waals surface area contributed by atoms with Crippen molar-refractivity contribution < 1.29 is 17.1 Å². The fourth-order valence-corrected chi connectivity index (χ4v) is 7.08. The highest BCUT2D eigenvalue weighted by atomic mass is 32.2. The van der Waals surface area contributed by atoms with Crippen LogP contribution >= 0.6 is 11.8 Å². The molecule has 1 aliphatic heterocycles. The minimum atomic E-state index is -5.60. The fourth-order valence-electron chi connectivity index (χ4n) is 5.55. The molecule has 1 saturated heterocycles. The molecule has 0 bridgehead atoms. The number of aromatic nitrogens is 2. The van der Waals surface area contributed by atoms with Gasteiger partial charge < -0.3 is 14.9 Å². The predicted molar refractivity (Wildman–Crippen MR) is 144 cm³/mol. The Kier molecular flexibility index (Phi) is 8.25. The van der Waals surface area contributed by atoms with Crippen LogP contribution in [0.4, 0.5) is 12.3 Å². The number of amides is 1. The Balaban J connectivity index is 1.58. The first-order valence-electron chi connectivity index (χ1n) is 12.4. The number of thioether (sulfide) groups is 1.